The third-order valence-corrected chi connectivity index (χ3v) is 2.32. The number of carbonyl (C=O) groups is 3. The van der Waals surface area contributed by atoms with E-state index in [-0.39, 0.29) is 24.3 Å². The van der Waals surface area contributed by atoms with E-state index in [1.165, 1.54) is 18.3 Å². The fourth-order valence-electron chi connectivity index (χ4n) is 1.43. The first-order valence-electron chi connectivity index (χ1n) is 6.63. The molecule has 0 saturated heterocycles. The fourth-order valence-corrected chi connectivity index (χ4v) is 1.43. The molecule has 3 N–H and O–H groups in total. The molecule has 22 heavy (non-hydrogen) atoms. The molecule has 8 nitrogen and oxygen atoms in total. The molecule has 1 aromatic rings. The summed E-state index contributed by atoms with van der Waals surface area (Å²) in [7, 11) is 0. The van der Waals surface area contributed by atoms with Crippen molar-refractivity contribution < 1.29 is 24.2 Å². The van der Waals surface area contributed by atoms with Crippen LogP contribution in [-0.2, 0) is 4.74 Å². The van der Waals surface area contributed by atoms with Crippen molar-refractivity contribution in [2.75, 3.05) is 13.1 Å². The summed E-state index contributed by atoms with van der Waals surface area (Å²) in [4.78, 5) is 37.8. The average molecular weight is 309 g/mol. The summed E-state index contributed by atoms with van der Waals surface area (Å²) < 4.78 is 5.03. The molecule has 120 valence electrons. The lowest BCUT2D eigenvalue weighted by molar-refractivity contribution is 0.0526. The number of nitrogens with zero attached hydrogens (tertiary/aromatic N) is 1. The number of amides is 2. The maximum absolute atomic E-state index is 11.8. The molecule has 0 saturated carbocycles. The van der Waals surface area contributed by atoms with Crippen LogP contribution in [-0.4, -0.2) is 46.8 Å². The van der Waals surface area contributed by atoms with Gasteiger partial charge in [0.15, 0.2) is 0 Å². The van der Waals surface area contributed by atoms with Crippen LogP contribution >= 0.6 is 0 Å². The summed E-state index contributed by atoms with van der Waals surface area (Å²) in [5.74, 6) is -1.66. The van der Waals surface area contributed by atoms with Crippen molar-refractivity contribution in [2.45, 2.75) is 26.4 Å². The zero-order valence-electron chi connectivity index (χ0n) is 12.7. The number of aromatic carboxylic acids is 1. The third-order valence-electron chi connectivity index (χ3n) is 2.32. The summed E-state index contributed by atoms with van der Waals surface area (Å²) in [5, 5.41) is 13.8. The Hall–Kier alpha value is -2.64. The molecule has 1 aromatic heterocycles. The van der Waals surface area contributed by atoms with Gasteiger partial charge in [0, 0.05) is 19.3 Å². The number of carbonyl (C=O) groups excluding carboxylic acids is 2. The van der Waals surface area contributed by atoms with E-state index in [0.717, 1.165) is 0 Å². The van der Waals surface area contributed by atoms with Crippen LogP contribution in [0.3, 0.4) is 0 Å². The zero-order chi connectivity index (χ0) is 16.8. The van der Waals surface area contributed by atoms with Crippen molar-refractivity contribution in [2.24, 2.45) is 0 Å². The van der Waals surface area contributed by atoms with E-state index < -0.39 is 23.6 Å². The van der Waals surface area contributed by atoms with Crippen molar-refractivity contribution >= 4 is 18.0 Å². The van der Waals surface area contributed by atoms with Gasteiger partial charge in [0.2, 0.25) is 0 Å². The van der Waals surface area contributed by atoms with Crippen molar-refractivity contribution in [1.29, 1.82) is 0 Å². The smallest absolute Gasteiger partial charge is 0.407 e. The van der Waals surface area contributed by atoms with Crippen LogP contribution in [0.4, 0.5) is 4.79 Å². The quantitative estimate of drug-likeness (QED) is 0.699. The first-order chi connectivity index (χ1) is 10.2. The van der Waals surface area contributed by atoms with Gasteiger partial charge in [-0.25, -0.2) is 9.59 Å². The maximum Gasteiger partial charge on any atom is 0.407 e. The van der Waals surface area contributed by atoms with Gasteiger partial charge in [-0.1, -0.05) is 0 Å². The first kappa shape index (κ1) is 17.4. The molecule has 0 fully saturated rings. The summed E-state index contributed by atoms with van der Waals surface area (Å²) >= 11 is 0. The van der Waals surface area contributed by atoms with Crippen molar-refractivity contribution in [3.63, 3.8) is 0 Å². The van der Waals surface area contributed by atoms with E-state index in [0.29, 0.717) is 0 Å². The standard InChI is InChI=1S/C14H19N3O5/c1-14(2,3)22-13(21)17-7-6-16-11(18)10-8-9(12(19)20)4-5-15-10/h4-5,8H,6-7H2,1-3H3,(H,16,18)(H,17,21)(H,19,20). The number of hydrogen-bond acceptors (Lipinski definition) is 5. The molecular formula is C14H19N3O5. The van der Waals surface area contributed by atoms with Crippen molar-refractivity contribution in [3.8, 4) is 0 Å². The monoisotopic (exact) mass is 309 g/mol. The van der Waals surface area contributed by atoms with E-state index in [9.17, 15) is 14.4 Å². The molecular weight excluding hydrogens is 290 g/mol. The number of alkyl carbamates (subject to hydrolysis) is 1. The average Bonchev–Trinajstić information content (AvgIpc) is 2.41. The topological polar surface area (TPSA) is 118 Å². The van der Waals surface area contributed by atoms with Crippen LogP contribution in [0.15, 0.2) is 18.3 Å². The number of nitrogens with one attached hydrogen (secondary N) is 2. The molecule has 8 heteroatoms. The SMILES string of the molecule is CC(C)(C)OC(=O)NCCNC(=O)c1cc(C(=O)O)ccn1. The van der Waals surface area contributed by atoms with Gasteiger partial charge in [0.1, 0.15) is 11.3 Å². The summed E-state index contributed by atoms with van der Waals surface area (Å²) in [6, 6.07) is 2.47. The van der Waals surface area contributed by atoms with Gasteiger partial charge in [0.25, 0.3) is 5.91 Å². The Morgan fingerprint density at radius 2 is 1.86 bits per heavy atom. The molecule has 0 radical (unpaired) electrons. The number of carboxylic acids is 1. The third kappa shape index (κ3) is 6.21. The van der Waals surface area contributed by atoms with Crippen LogP contribution < -0.4 is 10.6 Å². The molecule has 0 aliphatic heterocycles. The van der Waals surface area contributed by atoms with Gasteiger partial charge in [-0.05, 0) is 32.9 Å². The maximum atomic E-state index is 11.8. The van der Waals surface area contributed by atoms with Crippen molar-refractivity contribution in [3.05, 3.63) is 29.6 Å². The number of aromatic nitrogens is 1. The Kier molecular flexibility index (Phi) is 5.85. The summed E-state index contributed by atoms with van der Waals surface area (Å²) in [6.07, 6.45) is 0.671. The van der Waals surface area contributed by atoms with Gasteiger partial charge in [-0.15, -0.1) is 0 Å². The molecule has 0 aromatic carbocycles. The summed E-state index contributed by atoms with van der Waals surface area (Å²) in [5.41, 5.74) is -0.613. The second-order valence-electron chi connectivity index (χ2n) is 5.42. The van der Waals surface area contributed by atoms with E-state index in [4.69, 9.17) is 9.84 Å². The Labute approximate surface area is 127 Å². The minimum atomic E-state index is -1.14. The molecule has 0 aliphatic carbocycles. The van der Waals surface area contributed by atoms with Gasteiger partial charge < -0.3 is 20.5 Å². The fraction of sp³-hybridized carbons (Fsp3) is 0.429. The highest BCUT2D eigenvalue weighted by molar-refractivity contribution is 5.95. The molecule has 1 heterocycles. The minimum absolute atomic E-state index is 0.00262. The lowest BCUT2D eigenvalue weighted by atomic mass is 10.2. The van der Waals surface area contributed by atoms with Gasteiger partial charge >= 0.3 is 12.1 Å². The van der Waals surface area contributed by atoms with Crippen LogP contribution in [0.25, 0.3) is 0 Å². The first-order valence-corrected chi connectivity index (χ1v) is 6.63. The predicted molar refractivity (Wildman–Crippen MR) is 77.8 cm³/mol. The highest BCUT2D eigenvalue weighted by Crippen LogP contribution is 2.06. The van der Waals surface area contributed by atoms with Crippen molar-refractivity contribution in [1.82, 2.24) is 15.6 Å². The summed E-state index contributed by atoms with van der Waals surface area (Å²) in [6.45, 7) is 5.58. The van der Waals surface area contributed by atoms with E-state index >= 15 is 0 Å². The van der Waals surface area contributed by atoms with E-state index in [1.54, 1.807) is 20.8 Å². The molecule has 1 rings (SSSR count). The van der Waals surface area contributed by atoms with Gasteiger partial charge in [0.05, 0.1) is 5.56 Å². The van der Waals surface area contributed by atoms with Crippen LogP contribution in [0.5, 0.6) is 0 Å². The van der Waals surface area contributed by atoms with Crippen LogP contribution in [0, 0.1) is 0 Å². The lowest BCUT2D eigenvalue weighted by Crippen LogP contribution is -2.38. The van der Waals surface area contributed by atoms with Gasteiger partial charge in [-0.2, -0.15) is 0 Å². The normalized spacial score (nSPS) is 10.7. The highest BCUT2D eigenvalue weighted by atomic mass is 16.6. The van der Waals surface area contributed by atoms with Crippen LogP contribution in [0.1, 0.15) is 41.6 Å². The number of carboxylic acid groups (broad SMARTS) is 1. The Bertz CT molecular complexity index is 566. The number of pyridine rings is 1. The zero-order valence-corrected chi connectivity index (χ0v) is 12.7. The number of ether oxygens (including phenoxy) is 1. The second-order valence-corrected chi connectivity index (χ2v) is 5.42. The molecule has 2 amide bonds. The molecule has 0 unspecified atom stereocenters. The van der Waals surface area contributed by atoms with Gasteiger partial charge in [-0.3, -0.25) is 9.78 Å². The molecule has 0 atom stereocenters. The molecule has 0 aliphatic rings. The van der Waals surface area contributed by atoms with E-state index in [2.05, 4.69) is 15.6 Å². The highest BCUT2D eigenvalue weighted by Gasteiger charge is 2.15. The Balaban J connectivity index is 2.39. The second kappa shape index (κ2) is 7.39. The van der Waals surface area contributed by atoms with E-state index in [1.807, 2.05) is 0 Å². The Morgan fingerprint density at radius 1 is 1.23 bits per heavy atom. The minimum Gasteiger partial charge on any atom is -0.478 e. The number of rotatable bonds is 5. The molecule has 0 bridgehead atoms. The van der Waals surface area contributed by atoms with Crippen LogP contribution in [0.2, 0.25) is 0 Å². The Morgan fingerprint density at radius 3 is 2.45 bits per heavy atom. The lowest BCUT2D eigenvalue weighted by Gasteiger charge is -2.19. The number of hydrogen-bond donors (Lipinski definition) is 3. The molecule has 0 spiro atoms. The predicted octanol–water partition coefficient (Wildman–Crippen LogP) is 1.03. The largest absolute Gasteiger partial charge is 0.478 e.